The third kappa shape index (κ3) is 2.81. The van der Waals surface area contributed by atoms with Gasteiger partial charge in [0.2, 0.25) is 0 Å². The van der Waals surface area contributed by atoms with Crippen molar-refractivity contribution in [3.8, 4) is 0 Å². The number of nitrogens with zero attached hydrogens (tertiary/aromatic N) is 1. The van der Waals surface area contributed by atoms with Crippen molar-refractivity contribution in [1.29, 1.82) is 0 Å². The van der Waals surface area contributed by atoms with Crippen LogP contribution in [0.15, 0.2) is 0 Å². The van der Waals surface area contributed by atoms with Crippen LogP contribution in [-0.4, -0.2) is 30.6 Å². The van der Waals surface area contributed by atoms with Crippen LogP contribution in [0.3, 0.4) is 0 Å². The van der Waals surface area contributed by atoms with E-state index in [1.54, 1.807) is 11.3 Å². The van der Waals surface area contributed by atoms with E-state index in [0.29, 0.717) is 18.3 Å². The number of piperidine rings is 1. The lowest BCUT2D eigenvalue weighted by atomic mass is 9.97. The minimum absolute atomic E-state index is 0.163. The largest absolute Gasteiger partial charge is 0.397 e. The number of carbonyl (C=O) groups is 1. The first kappa shape index (κ1) is 14.9. The van der Waals surface area contributed by atoms with Gasteiger partial charge in [-0.3, -0.25) is 4.79 Å². The van der Waals surface area contributed by atoms with E-state index in [1.165, 1.54) is 23.4 Å². The molecule has 0 amide bonds. The number of rotatable bonds is 5. The molecule has 5 heteroatoms. The number of nitrogen functional groups attached to an aromatic ring is 1. The Morgan fingerprint density at radius 2 is 2.00 bits per heavy atom. The van der Waals surface area contributed by atoms with Gasteiger partial charge in [0.25, 0.3) is 0 Å². The van der Waals surface area contributed by atoms with Gasteiger partial charge in [0.15, 0.2) is 5.78 Å². The number of carbonyl (C=O) groups excluding carboxylic acids is 1. The maximum absolute atomic E-state index is 12.1. The first-order chi connectivity index (χ1) is 10.2. The maximum Gasteiger partial charge on any atom is 0.174 e. The predicted octanol–water partition coefficient (Wildman–Crippen LogP) is 3.01. The Morgan fingerprint density at radius 1 is 1.33 bits per heavy atom. The molecule has 0 aromatic carbocycles. The molecule has 0 bridgehead atoms. The molecule has 0 atom stereocenters. The summed E-state index contributed by atoms with van der Waals surface area (Å²) in [6, 6.07) is 0. The number of ketones is 1. The average molecular weight is 308 g/mol. The van der Waals surface area contributed by atoms with E-state index >= 15 is 0 Å². The molecule has 1 aromatic heterocycles. The number of Topliss-reactive ketones (excluding diaryl/α,β-unsaturated/α-hetero) is 1. The van der Waals surface area contributed by atoms with Gasteiger partial charge in [-0.2, -0.15) is 0 Å². The molecule has 0 radical (unpaired) electrons. The van der Waals surface area contributed by atoms with E-state index in [2.05, 4.69) is 4.90 Å². The van der Waals surface area contributed by atoms with Crippen LogP contribution in [0.4, 0.5) is 10.7 Å². The van der Waals surface area contributed by atoms with Crippen LogP contribution in [0.5, 0.6) is 0 Å². The minimum atomic E-state index is 0.163. The van der Waals surface area contributed by atoms with Crippen molar-refractivity contribution < 1.29 is 9.90 Å². The Labute approximate surface area is 129 Å². The Hall–Kier alpha value is -1.07. The number of hydrogen-bond acceptors (Lipinski definition) is 5. The van der Waals surface area contributed by atoms with Crippen molar-refractivity contribution in [2.75, 3.05) is 30.3 Å². The molecule has 1 saturated carbocycles. The van der Waals surface area contributed by atoms with Crippen LogP contribution in [0.25, 0.3) is 0 Å². The number of hydrogen-bond donors (Lipinski definition) is 2. The second-order valence-electron chi connectivity index (χ2n) is 6.23. The summed E-state index contributed by atoms with van der Waals surface area (Å²) in [4.78, 5) is 15.2. The van der Waals surface area contributed by atoms with Crippen LogP contribution in [0, 0.1) is 5.92 Å². The van der Waals surface area contributed by atoms with Crippen LogP contribution in [0.2, 0.25) is 0 Å². The summed E-state index contributed by atoms with van der Waals surface area (Å²) in [6.07, 6.45) is 4.95. The highest BCUT2D eigenvalue weighted by Crippen LogP contribution is 2.52. The molecule has 2 aliphatic rings. The number of aliphatic hydroxyl groups is 1. The van der Waals surface area contributed by atoms with Crippen LogP contribution in [-0.2, 0) is 0 Å². The van der Waals surface area contributed by atoms with Crippen LogP contribution in [0.1, 0.15) is 60.2 Å². The molecule has 4 nitrogen and oxygen atoms in total. The van der Waals surface area contributed by atoms with Gasteiger partial charge in [0.05, 0.1) is 15.6 Å². The standard InChI is InChI=1S/C16H24N2O2S/c1-2-12(20)15-14(17)13(11-3-4-11)16(21-15)18-7-5-10(9-19)6-8-18/h10-11,19H,2-9,17H2,1H3. The fourth-order valence-electron chi connectivity index (χ4n) is 3.13. The van der Waals surface area contributed by atoms with E-state index in [-0.39, 0.29) is 12.4 Å². The van der Waals surface area contributed by atoms with Gasteiger partial charge in [-0.1, -0.05) is 6.92 Å². The summed E-state index contributed by atoms with van der Waals surface area (Å²) in [5.74, 6) is 1.15. The molecule has 0 unspecified atom stereocenters. The summed E-state index contributed by atoms with van der Waals surface area (Å²) >= 11 is 1.59. The van der Waals surface area contributed by atoms with E-state index in [0.717, 1.165) is 36.5 Å². The second-order valence-corrected chi connectivity index (χ2v) is 7.23. The minimum Gasteiger partial charge on any atom is -0.397 e. The van der Waals surface area contributed by atoms with Crippen LogP contribution < -0.4 is 10.6 Å². The van der Waals surface area contributed by atoms with Crippen molar-refractivity contribution in [2.45, 2.75) is 44.9 Å². The Morgan fingerprint density at radius 3 is 2.52 bits per heavy atom. The highest BCUT2D eigenvalue weighted by atomic mass is 32.1. The number of aliphatic hydroxyl groups excluding tert-OH is 1. The molecular formula is C16H24N2O2S. The van der Waals surface area contributed by atoms with Crippen molar-refractivity contribution in [3.05, 3.63) is 10.4 Å². The Kier molecular flexibility index (Phi) is 4.22. The molecule has 0 spiro atoms. The first-order valence-electron chi connectivity index (χ1n) is 7.96. The summed E-state index contributed by atoms with van der Waals surface area (Å²) < 4.78 is 0. The molecular weight excluding hydrogens is 284 g/mol. The van der Waals surface area contributed by atoms with E-state index < -0.39 is 0 Å². The third-order valence-electron chi connectivity index (χ3n) is 4.68. The van der Waals surface area contributed by atoms with Crippen molar-refractivity contribution in [3.63, 3.8) is 0 Å². The van der Waals surface area contributed by atoms with E-state index in [4.69, 9.17) is 5.73 Å². The molecule has 3 rings (SSSR count). The number of thiophene rings is 1. The smallest absolute Gasteiger partial charge is 0.174 e. The normalized spacial score (nSPS) is 20.0. The average Bonchev–Trinajstić information content (AvgIpc) is 3.30. The third-order valence-corrected chi connectivity index (χ3v) is 6.01. The van der Waals surface area contributed by atoms with Gasteiger partial charge in [-0.05, 0) is 37.5 Å². The number of anilines is 2. The SMILES string of the molecule is CCC(=O)c1sc(N2CCC(CO)CC2)c(C2CC2)c1N. The predicted molar refractivity (Wildman–Crippen MR) is 87.4 cm³/mol. The molecule has 116 valence electrons. The van der Waals surface area contributed by atoms with Gasteiger partial charge in [-0.15, -0.1) is 11.3 Å². The molecule has 2 fully saturated rings. The lowest BCUT2D eigenvalue weighted by Gasteiger charge is -2.32. The summed E-state index contributed by atoms with van der Waals surface area (Å²) in [7, 11) is 0. The fraction of sp³-hybridized carbons (Fsp3) is 0.688. The first-order valence-corrected chi connectivity index (χ1v) is 8.78. The van der Waals surface area contributed by atoms with Gasteiger partial charge in [0.1, 0.15) is 0 Å². The molecule has 21 heavy (non-hydrogen) atoms. The van der Waals surface area contributed by atoms with E-state index in [9.17, 15) is 9.90 Å². The summed E-state index contributed by atoms with van der Waals surface area (Å²) in [5.41, 5.74) is 8.28. The zero-order valence-electron chi connectivity index (χ0n) is 12.6. The number of nitrogens with two attached hydrogens (primary N) is 1. The Bertz CT molecular complexity index is 529. The zero-order chi connectivity index (χ0) is 15.0. The highest BCUT2D eigenvalue weighted by molar-refractivity contribution is 7.19. The zero-order valence-corrected chi connectivity index (χ0v) is 13.4. The molecule has 1 saturated heterocycles. The second kappa shape index (κ2) is 5.97. The summed E-state index contributed by atoms with van der Waals surface area (Å²) in [5, 5.41) is 10.5. The monoisotopic (exact) mass is 308 g/mol. The van der Waals surface area contributed by atoms with Crippen molar-refractivity contribution in [1.82, 2.24) is 0 Å². The molecule has 3 N–H and O–H groups in total. The lowest BCUT2D eigenvalue weighted by molar-refractivity contribution is 0.0993. The van der Waals surface area contributed by atoms with E-state index in [1.807, 2.05) is 6.92 Å². The van der Waals surface area contributed by atoms with Gasteiger partial charge in [-0.25, -0.2) is 0 Å². The molecule has 1 aliphatic carbocycles. The van der Waals surface area contributed by atoms with Gasteiger partial charge < -0.3 is 15.7 Å². The maximum atomic E-state index is 12.1. The summed E-state index contributed by atoms with van der Waals surface area (Å²) in [6.45, 7) is 4.11. The molecule has 2 heterocycles. The fourth-order valence-corrected chi connectivity index (χ4v) is 4.50. The lowest BCUT2D eigenvalue weighted by Crippen LogP contribution is -2.34. The Balaban J connectivity index is 1.89. The van der Waals surface area contributed by atoms with Crippen molar-refractivity contribution in [2.24, 2.45) is 5.92 Å². The van der Waals surface area contributed by atoms with Crippen LogP contribution >= 0.6 is 11.3 Å². The molecule has 1 aliphatic heterocycles. The quantitative estimate of drug-likeness (QED) is 0.821. The highest BCUT2D eigenvalue weighted by Gasteiger charge is 2.35. The van der Waals surface area contributed by atoms with Crippen molar-refractivity contribution >= 4 is 27.8 Å². The van der Waals surface area contributed by atoms with Gasteiger partial charge in [0, 0.05) is 31.7 Å². The molecule has 1 aromatic rings. The topological polar surface area (TPSA) is 66.6 Å². The van der Waals surface area contributed by atoms with Gasteiger partial charge >= 0.3 is 0 Å².